The van der Waals surface area contributed by atoms with Gasteiger partial charge in [0.1, 0.15) is 17.4 Å². The topological polar surface area (TPSA) is 92.3 Å². The van der Waals surface area contributed by atoms with E-state index in [-0.39, 0.29) is 16.7 Å². The monoisotopic (exact) mass is 402 g/mol. The molecule has 3 rings (SSSR count). The zero-order valence-corrected chi connectivity index (χ0v) is 17.0. The second kappa shape index (κ2) is 8.66. The van der Waals surface area contributed by atoms with Gasteiger partial charge in [-0.1, -0.05) is 42.5 Å². The van der Waals surface area contributed by atoms with Crippen LogP contribution in [0.5, 0.6) is 11.6 Å². The SMILES string of the molecule is CCOc1cccc(C(=O)c2c(C)c(C#N)c(=O)n(C(C)c3ccccc3)c2O)c1. The van der Waals surface area contributed by atoms with Crippen LogP contribution in [0.25, 0.3) is 0 Å². The summed E-state index contributed by atoms with van der Waals surface area (Å²) in [6.07, 6.45) is 0. The van der Waals surface area contributed by atoms with E-state index in [1.54, 1.807) is 31.2 Å². The summed E-state index contributed by atoms with van der Waals surface area (Å²) >= 11 is 0. The standard InChI is InChI=1S/C24H22N2O4/c1-4-30-19-12-8-11-18(13-19)22(27)21-15(2)20(14-25)23(28)26(24(21)29)16(3)17-9-6-5-7-10-17/h5-13,16,29H,4H2,1-3H3. The molecule has 1 N–H and O–H groups in total. The molecule has 152 valence electrons. The first-order valence-electron chi connectivity index (χ1n) is 9.61. The van der Waals surface area contributed by atoms with Crippen LogP contribution in [0.1, 0.15) is 52.5 Å². The minimum Gasteiger partial charge on any atom is -0.494 e. The maximum atomic E-state index is 13.3. The van der Waals surface area contributed by atoms with E-state index in [4.69, 9.17) is 4.74 Å². The summed E-state index contributed by atoms with van der Waals surface area (Å²) in [5.74, 6) is -0.427. The number of benzene rings is 2. The van der Waals surface area contributed by atoms with Crippen molar-refractivity contribution in [3.63, 3.8) is 0 Å². The number of carbonyl (C=O) groups excluding carboxylic acids is 1. The van der Waals surface area contributed by atoms with Gasteiger partial charge in [0, 0.05) is 5.56 Å². The minimum absolute atomic E-state index is 0.0671. The van der Waals surface area contributed by atoms with Crippen molar-refractivity contribution >= 4 is 5.78 Å². The lowest BCUT2D eigenvalue weighted by molar-refractivity contribution is 0.103. The molecule has 0 fully saturated rings. The highest BCUT2D eigenvalue weighted by Gasteiger charge is 2.27. The number of pyridine rings is 1. The lowest BCUT2D eigenvalue weighted by atomic mass is 9.96. The van der Waals surface area contributed by atoms with Gasteiger partial charge in [-0.25, -0.2) is 0 Å². The quantitative estimate of drug-likeness (QED) is 0.630. The molecule has 2 aromatic carbocycles. The second-order valence-electron chi connectivity index (χ2n) is 6.86. The van der Waals surface area contributed by atoms with Crippen LogP contribution in [0.15, 0.2) is 59.4 Å². The predicted molar refractivity (Wildman–Crippen MR) is 113 cm³/mol. The third-order valence-electron chi connectivity index (χ3n) is 5.05. The van der Waals surface area contributed by atoms with Crippen molar-refractivity contribution in [3.05, 3.63) is 92.8 Å². The minimum atomic E-state index is -0.636. The van der Waals surface area contributed by atoms with Crippen molar-refractivity contribution in [2.75, 3.05) is 6.61 Å². The normalized spacial score (nSPS) is 11.5. The van der Waals surface area contributed by atoms with Crippen LogP contribution in [0, 0.1) is 18.3 Å². The first-order chi connectivity index (χ1) is 14.4. The number of ketones is 1. The number of aromatic nitrogens is 1. The molecule has 0 aliphatic heterocycles. The number of nitriles is 1. The van der Waals surface area contributed by atoms with Crippen molar-refractivity contribution in [2.45, 2.75) is 26.8 Å². The van der Waals surface area contributed by atoms with Gasteiger partial charge in [-0.15, -0.1) is 0 Å². The lowest BCUT2D eigenvalue weighted by Gasteiger charge is -2.21. The molecule has 0 saturated heterocycles. The van der Waals surface area contributed by atoms with Crippen LogP contribution >= 0.6 is 0 Å². The molecule has 1 unspecified atom stereocenters. The molecule has 1 heterocycles. The molecule has 0 spiro atoms. The van der Waals surface area contributed by atoms with Gasteiger partial charge in [-0.05, 0) is 44.0 Å². The molecule has 0 amide bonds. The summed E-state index contributed by atoms with van der Waals surface area (Å²) in [4.78, 5) is 26.3. The summed E-state index contributed by atoms with van der Waals surface area (Å²) in [6, 6.07) is 17.0. The van der Waals surface area contributed by atoms with Crippen LogP contribution in [-0.4, -0.2) is 22.1 Å². The maximum absolute atomic E-state index is 13.3. The van der Waals surface area contributed by atoms with E-state index in [0.29, 0.717) is 17.9 Å². The van der Waals surface area contributed by atoms with Gasteiger partial charge in [0.2, 0.25) is 5.88 Å². The van der Waals surface area contributed by atoms with E-state index >= 15 is 0 Å². The summed E-state index contributed by atoms with van der Waals surface area (Å²) in [7, 11) is 0. The van der Waals surface area contributed by atoms with E-state index in [2.05, 4.69) is 0 Å². The number of rotatable bonds is 6. The Morgan fingerprint density at radius 3 is 2.53 bits per heavy atom. The molecule has 0 aliphatic carbocycles. The van der Waals surface area contributed by atoms with Gasteiger partial charge < -0.3 is 9.84 Å². The molecule has 30 heavy (non-hydrogen) atoms. The summed E-state index contributed by atoms with van der Waals surface area (Å²) < 4.78 is 6.55. The Morgan fingerprint density at radius 2 is 1.90 bits per heavy atom. The van der Waals surface area contributed by atoms with E-state index in [0.717, 1.165) is 10.1 Å². The van der Waals surface area contributed by atoms with Crippen molar-refractivity contribution in [2.24, 2.45) is 0 Å². The van der Waals surface area contributed by atoms with Crippen LogP contribution in [-0.2, 0) is 0 Å². The van der Waals surface area contributed by atoms with Crippen molar-refractivity contribution in [1.82, 2.24) is 4.57 Å². The molecular formula is C24H22N2O4. The Bertz CT molecular complexity index is 1190. The fourth-order valence-electron chi connectivity index (χ4n) is 3.47. The molecule has 0 radical (unpaired) electrons. The molecule has 3 aromatic rings. The van der Waals surface area contributed by atoms with Gasteiger partial charge in [0.05, 0.1) is 18.2 Å². The zero-order valence-electron chi connectivity index (χ0n) is 17.0. The molecule has 1 aromatic heterocycles. The zero-order chi connectivity index (χ0) is 21.8. The average Bonchev–Trinajstić information content (AvgIpc) is 2.75. The smallest absolute Gasteiger partial charge is 0.272 e. The number of hydrogen-bond acceptors (Lipinski definition) is 5. The Labute approximate surface area is 174 Å². The first kappa shape index (κ1) is 20.9. The van der Waals surface area contributed by atoms with Crippen LogP contribution < -0.4 is 10.3 Å². The first-order valence-corrected chi connectivity index (χ1v) is 9.61. The Morgan fingerprint density at radius 1 is 1.20 bits per heavy atom. The second-order valence-corrected chi connectivity index (χ2v) is 6.86. The van der Waals surface area contributed by atoms with Gasteiger partial charge in [0.15, 0.2) is 5.78 Å². The molecular weight excluding hydrogens is 380 g/mol. The van der Waals surface area contributed by atoms with Gasteiger partial charge in [-0.2, -0.15) is 5.26 Å². The maximum Gasteiger partial charge on any atom is 0.272 e. The lowest BCUT2D eigenvalue weighted by Crippen LogP contribution is -2.29. The summed E-state index contributed by atoms with van der Waals surface area (Å²) in [6.45, 7) is 5.51. The predicted octanol–water partition coefficient (Wildman–Crippen LogP) is 3.97. The van der Waals surface area contributed by atoms with Crippen LogP contribution in [0.4, 0.5) is 0 Å². The van der Waals surface area contributed by atoms with E-state index in [9.17, 15) is 20.0 Å². The number of ether oxygens (including phenoxy) is 1. The Hall–Kier alpha value is -3.85. The van der Waals surface area contributed by atoms with Crippen molar-refractivity contribution in [1.29, 1.82) is 5.26 Å². The highest BCUT2D eigenvalue weighted by molar-refractivity contribution is 6.11. The fourth-order valence-corrected chi connectivity index (χ4v) is 3.47. The Balaban J connectivity index is 2.23. The number of hydrogen-bond donors (Lipinski definition) is 1. The van der Waals surface area contributed by atoms with E-state index in [1.165, 1.54) is 6.92 Å². The highest BCUT2D eigenvalue weighted by Crippen LogP contribution is 2.30. The molecule has 6 heteroatoms. The molecule has 0 saturated carbocycles. The van der Waals surface area contributed by atoms with E-state index < -0.39 is 23.3 Å². The van der Waals surface area contributed by atoms with Crippen LogP contribution in [0.2, 0.25) is 0 Å². The molecule has 1 atom stereocenters. The van der Waals surface area contributed by atoms with Gasteiger partial charge >= 0.3 is 0 Å². The number of nitrogens with zero attached hydrogens (tertiary/aromatic N) is 2. The number of carbonyl (C=O) groups is 1. The Kier molecular flexibility index (Phi) is 6.03. The third kappa shape index (κ3) is 3.70. The third-order valence-corrected chi connectivity index (χ3v) is 5.05. The molecule has 0 aliphatic rings. The fraction of sp³-hybridized carbons (Fsp3) is 0.208. The summed E-state index contributed by atoms with van der Waals surface area (Å²) in [5, 5.41) is 20.6. The van der Waals surface area contributed by atoms with Gasteiger partial charge in [-0.3, -0.25) is 14.2 Å². The van der Waals surface area contributed by atoms with Crippen molar-refractivity contribution in [3.8, 4) is 17.7 Å². The number of aromatic hydroxyl groups is 1. The largest absolute Gasteiger partial charge is 0.494 e. The molecule has 0 bridgehead atoms. The van der Waals surface area contributed by atoms with E-state index in [1.807, 2.05) is 43.3 Å². The highest BCUT2D eigenvalue weighted by atomic mass is 16.5. The average molecular weight is 402 g/mol. The van der Waals surface area contributed by atoms with Crippen LogP contribution in [0.3, 0.4) is 0 Å². The summed E-state index contributed by atoms with van der Waals surface area (Å²) in [5.41, 5.74) is 0.342. The molecule has 6 nitrogen and oxygen atoms in total. The van der Waals surface area contributed by atoms with Gasteiger partial charge in [0.25, 0.3) is 5.56 Å². The van der Waals surface area contributed by atoms with Crippen molar-refractivity contribution < 1.29 is 14.6 Å².